The Kier molecular flexibility index (Phi) is 7.02. The van der Waals surface area contributed by atoms with Crippen molar-refractivity contribution in [3.63, 3.8) is 0 Å². The summed E-state index contributed by atoms with van der Waals surface area (Å²) in [7, 11) is 1.68. The highest BCUT2D eigenvalue weighted by atomic mass is 16.5. The zero-order valence-electron chi connectivity index (χ0n) is 19.1. The molecule has 0 fully saturated rings. The quantitative estimate of drug-likeness (QED) is 0.376. The molecule has 2 N–H and O–H groups in total. The van der Waals surface area contributed by atoms with Gasteiger partial charge in [-0.15, -0.1) is 0 Å². The zero-order chi connectivity index (χ0) is 22.3. The third-order valence-corrected chi connectivity index (χ3v) is 5.88. The SMILES string of the molecule is CC[NH+](CC)CCCNc1cc(-c2ccccc2)nc2cc(-c3cccc(OC)c3)nn12. The average Bonchev–Trinajstić information content (AvgIpc) is 3.29. The molecule has 0 amide bonds. The number of fused-ring (bicyclic) bond motifs is 1. The van der Waals surface area contributed by atoms with E-state index in [1.165, 1.54) is 0 Å². The lowest BCUT2D eigenvalue weighted by Crippen LogP contribution is -3.11. The topological polar surface area (TPSA) is 55.9 Å². The number of methoxy groups -OCH3 is 1. The van der Waals surface area contributed by atoms with Crippen LogP contribution >= 0.6 is 0 Å². The highest BCUT2D eigenvalue weighted by Gasteiger charge is 2.13. The molecule has 166 valence electrons. The first-order valence-corrected chi connectivity index (χ1v) is 11.4. The highest BCUT2D eigenvalue weighted by molar-refractivity contribution is 5.71. The highest BCUT2D eigenvalue weighted by Crippen LogP contribution is 2.27. The van der Waals surface area contributed by atoms with Crippen LogP contribution in [-0.4, -0.2) is 47.9 Å². The van der Waals surface area contributed by atoms with Crippen molar-refractivity contribution in [1.29, 1.82) is 0 Å². The fourth-order valence-corrected chi connectivity index (χ4v) is 3.94. The van der Waals surface area contributed by atoms with Gasteiger partial charge in [0, 0.05) is 36.2 Å². The molecule has 2 aromatic carbocycles. The maximum absolute atomic E-state index is 5.39. The van der Waals surface area contributed by atoms with E-state index in [1.807, 2.05) is 53.0 Å². The Hall–Kier alpha value is -3.38. The summed E-state index contributed by atoms with van der Waals surface area (Å²) >= 11 is 0. The molecule has 0 radical (unpaired) electrons. The second-order valence-electron chi connectivity index (χ2n) is 7.91. The summed E-state index contributed by atoms with van der Waals surface area (Å²) in [6, 6.07) is 22.4. The molecule has 4 aromatic rings. The van der Waals surface area contributed by atoms with E-state index in [-0.39, 0.29) is 0 Å². The Labute approximate surface area is 189 Å². The smallest absolute Gasteiger partial charge is 0.158 e. The molecule has 6 nitrogen and oxygen atoms in total. The second kappa shape index (κ2) is 10.3. The van der Waals surface area contributed by atoms with Crippen LogP contribution in [0.4, 0.5) is 5.82 Å². The summed E-state index contributed by atoms with van der Waals surface area (Å²) in [4.78, 5) is 6.52. The molecular formula is C26H32N5O+. The Morgan fingerprint density at radius 2 is 1.69 bits per heavy atom. The van der Waals surface area contributed by atoms with Gasteiger partial charge in [0.1, 0.15) is 11.6 Å². The molecule has 6 heteroatoms. The molecule has 0 saturated carbocycles. The lowest BCUT2D eigenvalue weighted by atomic mass is 10.1. The van der Waals surface area contributed by atoms with Crippen LogP contribution in [0.1, 0.15) is 20.3 Å². The fourth-order valence-electron chi connectivity index (χ4n) is 3.94. The Balaban J connectivity index is 1.67. The van der Waals surface area contributed by atoms with E-state index in [0.29, 0.717) is 0 Å². The molecule has 0 bridgehead atoms. The molecule has 0 atom stereocenters. The third kappa shape index (κ3) is 4.92. The molecule has 32 heavy (non-hydrogen) atoms. The van der Waals surface area contributed by atoms with Gasteiger partial charge in [-0.2, -0.15) is 9.61 Å². The van der Waals surface area contributed by atoms with Gasteiger partial charge in [0.05, 0.1) is 38.1 Å². The van der Waals surface area contributed by atoms with E-state index in [4.69, 9.17) is 14.8 Å². The average molecular weight is 431 g/mol. The van der Waals surface area contributed by atoms with E-state index in [9.17, 15) is 0 Å². The van der Waals surface area contributed by atoms with E-state index < -0.39 is 0 Å². The standard InChI is InChI=1S/C26H31N5O/c1-4-30(5-2)16-10-15-27-25-18-23(20-11-7-6-8-12-20)28-26-19-24(29-31(25)26)21-13-9-14-22(17-21)32-3/h6-9,11-14,17-19,27H,4-5,10,15-16H2,1-3H3/p+1. The predicted octanol–water partition coefficient (Wildman–Crippen LogP) is 3.80. The van der Waals surface area contributed by atoms with Gasteiger partial charge in [-0.25, -0.2) is 4.98 Å². The van der Waals surface area contributed by atoms with Crippen LogP contribution in [0.15, 0.2) is 66.7 Å². The fraction of sp³-hybridized carbons (Fsp3) is 0.308. The van der Waals surface area contributed by atoms with Crippen LogP contribution in [-0.2, 0) is 0 Å². The summed E-state index contributed by atoms with van der Waals surface area (Å²) in [6.45, 7) is 8.87. The van der Waals surface area contributed by atoms with Gasteiger partial charge in [-0.05, 0) is 26.0 Å². The molecule has 0 unspecified atom stereocenters. The van der Waals surface area contributed by atoms with Crippen LogP contribution < -0.4 is 15.0 Å². The first-order chi connectivity index (χ1) is 15.7. The van der Waals surface area contributed by atoms with Crippen LogP contribution in [0, 0.1) is 0 Å². The van der Waals surface area contributed by atoms with Gasteiger partial charge >= 0.3 is 0 Å². The number of ether oxygens (including phenoxy) is 1. The molecular weight excluding hydrogens is 398 g/mol. The Morgan fingerprint density at radius 3 is 2.44 bits per heavy atom. The summed E-state index contributed by atoms with van der Waals surface area (Å²) < 4.78 is 7.30. The number of aromatic nitrogens is 3. The minimum absolute atomic E-state index is 0.815. The predicted molar refractivity (Wildman–Crippen MR) is 130 cm³/mol. The van der Waals surface area contributed by atoms with Gasteiger partial charge in [-0.1, -0.05) is 42.5 Å². The lowest BCUT2D eigenvalue weighted by Gasteiger charge is -2.16. The van der Waals surface area contributed by atoms with Gasteiger partial charge < -0.3 is 15.0 Å². The van der Waals surface area contributed by atoms with E-state index in [0.717, 1.165) is 72.3 Å². The van der Waals surface area contributed by atoms with Crippen LogP contribution in [0.3, 0.4) is 0 Å². The molecule has 2 heterocycles. The van der Waals surface area contributed by atoms with Crippen LogP contribution in [0.5, 0.6) is 5.75 Å². The maximum Gasteiger partial charge on any atom is 0.158 e. The van der Waals surface area contributed by atoms with Gasteiger partial charge in [-0.3, -0.25) is 0 Å². The third-order valence-electron chi connectivity index (χ3n) is 5.88. The van der Waals surface area contributed by atoms with Crippen molar-refractivity contribution in [2.75, 3.05) is 38.6 Å². The van der Waals surface area contributed by atoms with Crippen molar-refractivity contribution in [3.05, 3.63) is 66.7 Å². The number of hydrogen-bond acceptors (Lipinski definition) is 4. The molecule has 0 aliphatic rings. The van der Waals surface area contributed by atoms with Crippen molar-refractivity contribution < 1.29 is 9.64 Å². The van der Waals surface area contributed by atoms with Crippen LogP contribution in [0.2, 0.25) is 0 Å². The molecule has 0 aliphatic heterocycles. The number of anilines is 1. The minimum Gasteiger partial charge on any atom is -0.497 e. The first kappa shape index (κ1) is 21.8. The van der Waals surface area contributed by atoms with E-state index in [1.54, 1.807) is 12.0 Å². The number of nitrogens with one attached hydrogen (secondary N) is 2. The summed E-state index contributed by atoms with van der Waals surface area (Å²) in [6.07, 6.45) is 1.10. The Bertz CT molecular complexity index is 1150. The number of hydrogen-bond donors (Lipinski definition) is 2. The van der Waals surface area contributed by atoms with Crippen molar-refractivity contribution >= 4 is 11.5 Å². The maximum atomic E-state index is 5.39. The summed E-state index contributed by atoms with van der Waals surface area (Å²) in [5.41, 5.74) is 4.73. The number of benzene rings is 2. The van der Waals surface area contributed by atoms with Gasteiger partial charge in [0.2, 0.25) is 0 Å². The number of quaternary nitrogens is 1. The van der Waals surface area contributed by atoms with Gasteiger partial charge in [0.15, 0.2) is 5.65 Å². The van der Waals surface area contributed by atoms with Gasteiger partial charge in [0.25, 0.3) is 0 Å². The largest absolute Gasteiger partial charge is 0.497 e. The monoisotopic (exact) mass is 430 g/mol. The molecule has 0 spiro atoms. The van der Waals surface area contributed by atoms with E-state index >= 15 is 0 Å². The molecule has 0 saturated heterocycles. The second-order valence-corrected chi connectivity index (χ2v) is 7.91. The van der Waals surface area contributed by atoms with E-state index in [2.05, 4.69) is 37.4 Å². The summed E-state index contributed by atoms with van der Waals surface area (Å²) in [5, 5.41) is 8.48. The minimum atomic E-state index is 0.815. The lowest BCUT2D eigenvalue weighted by molar-refractivity contribution is -0.896. The molecule has 0 aliphatic carbocycles. The van der Waals surface area contributed by atoms with Crippen molar-refractivity contribution in [1.82, 2.24) is 14.6 Å². The Morgan fingerprint density at radius 1 is 0.906 bits per heavy atom. The normalized spacial score (nSPS) is 11.2. The van der Waals surface area contributed by atoms with Crippen molar-refractivity contribution in [2.45, 2.75) is 20.3 Å². The number of nitrogens with zero attached hydrogens (tertiary/aromatic N) is 3. The van der Waals surface area contributed by atoms with Crippen molar-refractivity contribution in [2.24, 2.45) is 0 Å². The first-order valence-electron chi connectivity index (χ1n) is 11.4. The number of rotatable bonds is 10. The summed E-state index contributed by atoms with van der Waals surface area (Å²) in [5.74, 6) is 1.77. The molecule has 4 rings (SSSR count). The molecule has 2 aromatic heterocycles. The van der Waals surface area contributed by atoms with Crippen molar-refractivity contribution in [3.8, 4) is 28.3 Å². The zero-order valence-corrected chi connectivity index (χ0v) is 19.1. The van der Waals surface area contributed by atoms with Crippen LogP contribution in [0.25, 0.3) is 28.2 Å².